The second kappa shape index (κ2) is 7.11. The molecule has 0 saturated carbocycles. The van der Waals surface area contributed by atoms with Crippen molar-refractivity contribution in [3.63, 3.8) is 0 Å². The van der Waals surface area contributed by atoms with Crippen molar-refractivity contribution >= 4 is 22.9 Å². The van der Waals surface area contributed by atoms with Gasteiger partial charge < -0.3 is 9.84 Å². The Morgan fingerprint density at radius 2 is 2.03 bits per heavy atom. The van der Waals surface area contributed by atoms with E-state index in [1.54, 1.807) is 6.07 Å². The molecule has 0 aliphatic heterocycles. The maximum Gasteiger partial charge on any atom is 0.416 e. The van der Waals surface area contributed by atoms with Crippen LogP contribution in [0.15, 0.2) is 35.1 Å². The van der Waals surface area contributed by atoms with Crippen molar-refractivity contribution in [2.24, 2.45) is 0 Å². The number of fused-ring (bicyclic) bond motifs is 1. The number of thiazole rings is 1. The van der Waals surface area contributed by atoms with Gasteiger partial charge in [-0.15, -0.1) is 0 Å². The normalized spacial score (nSPS) is 16.1. The summed E-state index contributed by atoms with van der Waals surface area (Å²) in [6.45, 7) is 1.36. The summed E-state index contributed by atoms with van der Waals surface area (Å²) in [5.74, 6) is 0.412. The Morgan fingerprint density at radius 1 is 1.28 bits per heavy atom. The van der Waals surface area contributed by atoms with E-state index in [9.17, 15) is 23.1 Å². The lowest BCUT2D eigenvalue weighted by molar-refractivity contribution is -0.138. The zero-order valence-electron chi connectivity index (χ0n) is 15.1. The molecule has 4 rings (SSSR count). The molecule has 0 spiro atoms. The molecule has 0 bridgehead atoms. The van der Waals surface area contributed by atoms with Gasteiger partial charge in [0.1, 0.15) is 11.5 Å². The summed E-state index contributed by atoms with van der Waals surface area (Å²) in [5.41, 5.74) is 1.21. The van der Waals surface area contributed by atoms with Gasteiger partial charge in [-0.2, -0.15) is 13.2 Å². The molecule has 152 valence electrons. The molecule has 2 aromatic carbocycles. The zero-order valence-corrected chi connectivity index (χ0v) is 16.6. The standard InChI is InChI=1S/C20H15ClF3NO3S/c1-9-6-16(15(21)8-14(9)20(22,23)24)28-11-3-5-12-10(7-11)2-4-13(12)17-18(26)25-19(27)29-17/h3,5-8,13,26H,2,4H2,1H3,(H,25,27)/t13-/m1/s1. The summed E-state index contributed by atoms with van der Waals surface area (Å²) in [6, 6.07) is 7.50. The molecule has 1 aromatic heterocycles. The van der Waals surface area contributed by atoms with Crippen LogP contribution in [-0.2, 0) is 12.6 Å². The van der Waals surface area contributed by atoms with Gasteiger partial charge in [0.25, 0.3) is 0 Å². The lowest BCUT2D eigenvalue weighted by Crippen LogP contribution is -2.07. The van der Waals surface area contributed by atoms with Crippen molar-refractivity contribution in [1.29, 1.82) is 0 Å². The summed E-state index contributed by atoms with van der Waals surface area (Å²) < 4.78 is 44.8. The van der Waals surface area contributed by atoms with Gasteiger partial charge in [-0.05, 0) is 60.7 Å². The van der Waals surface area contributed by atoms with Crippen LogP contribution in [0, 0.1) is 6.92 Å². The number of halogens is 4. The van der Waals surface area contributed by atoms with E-state index in [1.807, 2.05) is 12.1 Å². The Kier molecular flexibility index (Phi) is 4.86. The van der Waals surface area contributed by atoms with E-state index in [2.05, 4.69) is 4.98 Å². The van der Waals surface area contributed by atoms with Crippen LogP contribution in [-0.4, -0.2) is 10.1 Å². The largest absolute Gasteiger partial charge is 0.494 e. The molecule has 1 atom stereocenters. The van der Waals surface area contributed by atoms with Crippen molar-refractivity contribution in [2.75, 3.05) is 0 Å². The number of aromatic hydroxyl groups is 1. The van der Waals surface area contributed by atoms with Gasteiger partial charge in [-0.3, -0.25) is 9.78 Å². The number of alkyl halides is 3. The Hall–Kier alpha value is -2.45. The van der Waals surface area contributed by atoms with E-state index in [1.165, 1.54) is 13.0 Å². The Balaban J connectivity index is 1.62. The molecule has 29 heavy (non-hydrogen) atoms. The van der Waals surface area contributed by atoms with E-state index in [4.69, 9.17) is 16.3 Å². The second-order valence-electron chi connectivity index (χ2n) is 6.88. The summed E-state index contributed by atoms with van der Waals surface area (Å²) in [6.07, 6.45) is -3.02. The third kappa shape index (κ3) is 3.74. The second-order valence-corrected chi connectivity index (χ2v) is 8.30. The molecule has 1 aliphatic carbocycles. The molecular formula is C20H15ClF3NO3S. The van der Waals surface area contributed by atoms with Gasteiger partial charge in [-0.25, -0.2) is 0 Å². The van der Waals surface area contributed by atoms with Crippen LogP contribution < -0.4 is 9.61 Å². The number of rotatable bonds is 3. The minimum Gasteiger partial charge on any atom is -0.494 e. The average molecular weight is 442 g/mol. The number of aromatic nitrogens is 1. The van der Waals surface area contributed by atoms with Crippen LogP contribution in [0.3, 0.4) is 0 Å². The van der Waals surface area contributed by atoms with E-state index in [0.29, 0.717) is 10.6 Å². The molecule has 0 amide bonds. The molecule has 0 unspecified atom stereocenters. The predicted molar refractivity (Wildman–Crippen MR) is 104 cm³/mol. The SMILES string of the molecule is Cc1cc(Oc2ccc3c(c2)CC[C@H]3c2sc(=O)[nH]c2O)c(Cl)cc1C(F)(F)F. The number of aromatic amines is 1. The molecule has 0 saturated heterocycles. The summed E-state index contributed by atoms with van der Waals surface area (Å²) in [5, 5.41) is 9.82. The van der Waals surface area contributed by atoms with Crippen molar-refractivity contribution in [2.45, 2.75) is 31.9 Å². The van der Waals surface area contributed by atoms with Gasteiger partial charge in [0.05, 0.1) is 15.5 Å². The molecule has 1 heterocycles. The van der Waals surface area contributed by atoms with Crippen molar-refractivity contribution < 1.29 is 23.0 Å². The van der Waals surface area contributed by atoms with E-state index in [-0.39, 0.29) is 33.0 Å². The summed E-state index contributed by atoms with van der Waals surface area (Å²) in [4.78, 5) is 14.2. The predicted octanol–water partition coefficient (Wildman–Crippen LogP) is 5.99. The number of nitrogens with one attached hydrogen (secondary N) is 1. The highest BCUT2D eigenvalue weighted by Crippen LogP contribution is 2.44. The Morgan fingerprint density at radius 3 is 2.69 bits per heavy atom. The van der Waals surface area contributed by atoms with E-state index >= 15 is 0 Å². The van der Waals surface area contributed by atoms with Crippen molar-refractivity contribution in [1.82, 2.24) is 4.98 Å². The van der Waals surface area contributed by atoms with Crippen molar-refractivity contribution in [3.8, 4) is 17.4 Å². The van der Waals surface area contributed by atoms with Crippen LogP contribution in [0.1, 0.15) is 39.5 Å². The Bertz CT molecular complexity index is 1150. The molecule has 4 nitrogen and oxygen atoms in total. The smallest absolute Gasteiger partial charge is 0.416 e. The number of hydrogen-bond acceptors (Lipinski definition) is 4. The van der Waals surface area contributed by atoms with Crippen LogP contribution in [0.2, 0.25) is 5.02 Å². The van der Waals surface area contributed by atoms with E-state index < -0.39 is 11.7 Å². The van der Waals surface area contributed by atoms with Gasteiger partial charge in [0.2, 0.25) is 5.88 Å². The number of H-pyrrole nitrogens is 1. The minimum absolute atomic E-state index is 0.0240. The maximum absolute atomic E-state index is 13.0. The minimum atomic E-state index is -4.48. The first-order chi connectivity index (χ1) is 13.6. The highest BCUT2D eigenvalue weighted by molar-refractivity contribution is 7.09. The van der Waals surface area contributed by atoms with Crippen LogP contribution in [0.25, 0.3) is 0 Å². The highest BCUT2D eigenvalue weighted by atomic mass is 35.5. The quantitative estimate of drug-likeness (QED) is 0.524. The number of hydrogen-bond donors (Lipinski definition) is 2. The fourth-order valence-corrected chi connectivity index (χ4v) is 4.75. The highest BCUT2D eigenvalue weighted by Gasteiger charge is 2.33. The molecule has 0 radical (unpaired) electrons. The third-order valence-corrected chi connectivity index (χ3v) is 6.26. The molecule has 0 fully saturated rings. The van der Waals surface area contributed by atoms with Gasteiger partial charge >= 0.3 is 11.0 Å². The van der Waals surface area contributed by atoms with Crippen LogP contribution in [0.4, 0.5) is 13.2 Å². The number of aryl methyl sites for hydroxylation is 2. The van der Waals surface area contributed by atoms with Crippen LogP contribution >= 0.6 is 22.9 Å². The average Bonchev–Trinajstić information content (AvgIpc) is 3.18. The first-order valence-corrected chi connectivity index (χ1v) is 9.93. The zero-order chi connectivity index (χ0) is 20.9. The third-order valence-electron chi connectivity index (χ3n) is 4.98. The summed E-state index contributed by atoms with van der Waals surface area (Å²) >= 11 is 7.00. The lowest BCUT2D eigenvalue weighted by Gasteiger charge is -2.15. The summed E-state index contributed by atoms with van der Waals surface area (Å²) in [7, 11) is 0. The number of ether oxygens (including phenoxy) is 1. The maximum atomic E-state index is 13.0. The first-order valence-electron chi connectivity index (χ1n) is 8.73. The van der Waals surface area contributed by atoms with Gasteiger partial charge in [0.15, 0.2) is 0 Å². The molecular weight excluding hydrogens is 427 g/mol. The van der Waals surface area contributed by atoms with Crippen LogP contribution in [0.5, 0.6) is 17.4 Å². The lowest BCUT2D eigenvalue weighted by atomic mass is 10.00. The monoisotopic (exact) mass is 441 g/mol. The number of benzene rings is 2. The van der Waals surface area contributed by atoms with Crippen molar-refractivity contribution in [3.05, 3.63) is 72.2 Å². The molecule has 2 N–H and O–H groups in total. The van der Waals surface area contributed by atoms with Gasteiger partial charge in [0, 0.05) is 5.92 Å². The molecule has 1 aliphatic rings. The van der Waals surface area contributed by atoms with Gasteiger partial charge in [-0.1, -0.05) is 29.0 Å². The topological polar surface area (TPSA) is 62.3 Å². The molecule has 3 aromatic rings. The fraction of sp³-hybridized carbons (Fsp3) is 0.250. The Labute approximate surface area is 172 Å². The van der Waals surface area contributed by atoms with E-state index in [0.717, 1.165) is 41.4 Å². The first kappa shape index (κ1) is 19.8. The fourth-order valence-electron chi connectivity index (χ4n) is 3.66. The molecule has 9 heteroatoms.